The van der Waals surface area contributed by atoms with Gasteiger partial charge < -0.3 is 20.4 Å². The fraction of sp³-hybridized carbons (Fsp3) is 0.542. The number of amides is 1. The summed E-state index contributed by atoms with van der Waals surface area (Å²) in [6.45, 7) is 11.9. The van der Waals surface area contributed by atoms with Gasteiger partial charge in [-0.3, -0.25) is 15.5 Å². The number of carbonyl (C=O) groups excluding carboxylic acids is 1. The van der Waals surface area contributed by atoms with Crippen LogP contribution in [0.25, 0.3) is 0 Å². The standard InChI is InChI=1S/C14H17ClFN3O2.C6H12O.C2H6O.C2H6/c1-9-4-5-12(11(16)6-9)17-14(19(3)8-20)13(18-21)7-10(2)15;1-6(2-3-6)4-5-7;1-2-3;1-2/h4-8,17-18,21H,1-3H3;7H,2-5H2,1H3;3H,2H2,1H3;1-2H3/b10-7+,14-13+;;;. The zero-order valence-electron chi connectivity index (χ0n) is 20.9. The summed E-state index contributed by atoms with van der Waals surface area (Å²) in [6.07, 6.45) is 5.58. The van der Waals surface area contributed by atoms with Crippen molar-refractivity contribution in [1.29, 1.82) is 0 Å². The van der Waals surface area contributed by atoms with Gasteiger partial charge in [0.1, 0.15) is 17.3 Å². The van der Waals surface area contributed by atoms with E-state index in [0.717, 1.165) is 16.9 Å². The number of anilines is 1. The maximum absolute atomic E-state index is 13.9. The Morgan fingerprint density at radius 3 is 2.18 bits per heavy atom. The highest BCUT2D eigenvalue weighted by Gasteiger charge is 2.35. The third kappa shape index (κ3) is 14.6. The molecule has 0 saturated heterocycles. The van der Waals surface area contributed by atoms with Crippen LogP contribution < -0.4 is 10.8 Å². The van der Waals surface area contributed by atoms with E-state index in [-0.39, 0.29) is 23.8 Å². The van der Waals surface area contributed by atoms with Crippen molar-refractivity contribution in [3.8, 4) is 0 Å². The number of aliphatic hydroxyl groups excluding tert-OH is 2. The number of halogens is 2. The molecule has 1 saturated carbocycles. The Balaban J connectivity index is 0. The molecule has 1 aromatic carbocycles. The molecule has 1 amide bonds. The lowest BCUT2D eigenvalue weighted by molar-refractivity contribution is -0.115. The summed E-state index contributed by atoms with van der Waals surface area (Å²) in [6, 6.07) is 4.61. The van der Waals surface area contributed by atoms with Gasteiger partial charge in [-0.25, -0.2) is 4.39 Å². The third-order valence-electron chi connectivity index (χ3n) is 4.43. The number of allylic oxidation sites excluding steroid dienone is 2. The van der Waals surface area contributed by atoms with Crippen LogP contribution in [0.4, 0.5) is 10.1 Å². The van der Waals surface area contributed by atoms with Crippen molar-refractivity contribution in [2.24, 2.45) is 5.41 Å². The first kappa shape index (κ1) is 33.0. The first-order valence-electron chi connectivity index (χ1n) is 11.0. The number of nitrogens with one attached hydrogen (secondary N) is 2. The Morgan fingerprint density at radius 1 is 1.30 bits per heavy atom. The molecule has 190 valence electrons. The summed E-state index contributed by atoms with van der Waals surface area (Å²) >= 11 is 5.77. The topological polar surface area (TPSA) is 105 Å². The van der Waals surface area contributed by atoms with E-state index in [1.54, 1.807) is 26.8 Å². The number of benzene rings is 1. The summed E-state index contributed by atoms with van der Waals surface area (Å²) in [5.41, 5.74) is 3.54. The summed E-state index contributed by atoms with van der Waals surface area (Å²) in [7, 11) is 1.45. The predicted molar refractivity (Wildman–Crippen MR) is 133 cm³/mol. The summed E-state index contributed by atoms with van der Waals surface area (Å²) in [5.74, 6) is -0.328. The van der Waals surface area contributed by atoms with Crippen molar-refractivity contribution < 1.29 is 24.6 Å². The van der Waals surface area contributed by atoms with Crippen molar-refractivity contribution in [3.05, 3.63) is 52.2 Å². The average Bonchev–Trinajstić information content (AvgIpc) is 3.50. The van der Waals surface area contributed by atoms with Gasteiger partial charge in [-0.2, -0.15) is 0 Å². The second-order valence-electron chi connectivity index (χ2n) is 7.53. The largest absolute Gasteiger partial charge is 0.397 e. The monoisotopic (exact) mass is 489 g/mol. The normalized spacial score (nSPS) is 14.0. The van der Waals surface area contributed by atoms with Gasteiger partial charge in [0.15, 0.2) is 0 Å². The van der Waals surface area contributed by atoms with E-state index in [1.165, 1.54) is 38.1 Å². The first-order valence-corrected chi connectivity index (χ1v) is 11.4. The molecule has 5 N–H and O–H groups in total. The van der Waals surface area contributed by atoms with Crippen LogP contribution in [0.15, 0.2) is 40.8 Å². The highest BCUT2D eigenvalue weighted by molar-refractivity contribution is 6.29. The van der Waals surface area contributed by atoms with Gasteiger partial charge in [-0.05, 0) is 69.2 Å². The van der Waals surface area contributed by atoms with Gasteiger partial charge in [0, 0.05) is 25.3 Å². The summed E-state index contributed by atoms with van der Waals surface area (Å²) in [5, 5.41) is 28.3. The lowest BCUT2D eigenvalue weighted by Gasteiger charge is -2.21. The number of aliphatic hydroxyl groups is 2. The maximum Gasteiger partial charge on any atom is 0.215 e. The second-order valence-corrected chi connectivity index (χ2v) is 8.13. The van der Waals surface area contributed by atoms with E-state index in [1.807, 2.05) is 19.3 Å². The molecule has 7 nitrogen and oxygen atoms in total. The van der Waals surface area contributed by atoms with E-state index in [0.29, 0.717) is 23.5 Å². The lowest BCUT2D eigenvalue weighted by Crippen LogP contribution is -2.27. The highest BCUT2D eigenvalue weighted by atomic mass is 35.5. The Hall–Kier alpha value is -2.13. The average molecular weight is 490 g/mol. The van der Waals surface area contributed by atoms with Crippen molar-refractivity contribution >= 4 is 23.7 Å². The van der Waals surface area contributed by atoms with E-state index < -0.39 is 5.82 Å². The molecule has 2 rings (SSSR count). The predicted octanol–water partition coefficient (Wildman–Crippen LogP) is 5.12. The fourth-order valence-electron chi connectivity index (χ4n) is 2.33. The Morgan fingerprint density at radius 2 is 1.85 bits per heavy atom. The Labute approximate surface area is 202 Å². The van der Waals surface area contributed by atoms with Gasteiger partial charge in [-0.1, -0.05) is 38.4 Å². The minimum absolute atomic E-state index is 0.122. The van der Waals surface area contributed by atoms with Gasteiger partial charge in [0.05, 0.1) is 5.69 Å². The highest BCUT2D eigenvalue weighted by Crippen LogP contribution is 2.47. The molecule has 1 fully saturated rings. The molecule has 1 aliphatic rings. The molecule has 0 bridgehead atoms. The third-order valence-corrected chi connectivity index (χ3v) is 4.54. The van der Waals surface area contributed by atoms with Crippen molar-refractivity contribution in [2.45, 2.75) is 60.8 Å². The molecule has 1 aliphatic carbocycles. The fourth-order valence-corrected chi connectivity index (χ4v) is 2.44. The van der Waals surface area contributed by atoms with Gasteiger partial charge in [-0.15, -0.1) is 0 Å². The van der Waals surface area contributed by atoms with Crippen LogP contribution in [-0.2, 0) is 4.79 Å². The van der Waals surface area contributed by atoms with Crippen molar-refractivity contribution in [1.82, 2.24) is 10.4 Å². The number of aryl methyl sites for hydroxylation is 1. The van der Waals surface area contributed by atoms with Gasteiger partial charge in [0.25, 0.3) is 0 Å². The molecule has 0 radical (unpaired) electrons. The van der Waals surface area contributed by atoms with Crippen LogP contribution in [0.2, 0.25) is 0 Å². The van der Waals surface area contributed by atoms with Crippen LogP contribution >= 0.6 is 11.6 Å². The molecule has 0 aliphatic heterocycles. The molecule has 9 heteroatoms. The molecule has 1 aromatic rings. The van der Waals surface area contributed by atoms with Gasteiger partial charge in [0.2, 0.25) is 6.41 Å². The summed E-state index contributed by atoms with van der Waals surface area (Å²) < 4.78 is 13.9. The van der Waals surface area contributed by atoms with Crippen LogP contribution in [0.5, 0.6) is 0 Å². The molecule has 0 unspecified atom stereocenters. The quantitative estimate of drug-likeness (QED) is 0.197. The second kappa shape index (κ2) is 18.3. The van der Waals surface area contributed by atoms with Crippen LogP contribution in [0.1, 0.15) is 59.4 Å². The van der Waals surface area contributed by atoms with E-state index in [2.05, 4.69) is 12.2 Å². The number of hydrogen-bond donors (Lipinski definition) is 5. The van der Waals surface area contributed by atoms with E-state index in [4.69, 9.17) is 21.8 Å². The zero-order chi connectivity index (χ0) is 26.0. The maximum atomic E-state index is 13.9. The number of hydrogen-bond acceptors (Lipinski definition) is 6. The smallest absolute Gasteiger partial charge is 0.215 e. The number of hydroxylamine groups is 1. The van der Waals surface area contributed by atoms with Crippen molar-refractivity contribution in [2.75, 3.05) is 25.6 Å². The number of carbonyl (C=O) groups is 1. The molecule has 0 spiro atoms. The number of rotatable bonds is 8. The van der Waals surface area contributed by atoms with Gasteiger partial charge >= 0.3 is 0 Å². The van der Waals surface area contributed by atoms with E-state index >= 15 is 0 Å². The van der Waals surface area contributed by atoms with Crippen LogP contribution in [-0.4, -0.2) is 47.0 Å². The zero-order valence-corrected chi connectivity index (χ0v) is 21.6. The lowest BCUT2D eigenvalue weighted by atomic mass is 10.1. The number of nitrogens with zero attached hydrogens (tertiary/aromatic N) is 1. The van der Waals surface area contributed by atoms with E-state index in [9.17, 15) is 14.4 Å². The molecule has 0 atom stereocenters. The molecule has 0 heterocycles. The van der Waals surface area contributed by atoms with Crippen LogP contribution in [0.3, 0.4) is 0 Å². The van der Waals surface area contributed by atoms with Crippen LogP contribution in [0, 0.1) is 18.2 Å². The molecule has 0 aromatic heterocycles. The summed E-state index contributed by atoms with van der Waals surface area (Å²) in [4.78, 5) is 12.1. The molecular formula is C24H41ClFN3O4. The first-order chi connectivity index (χ1) is 15.6. The molecule has 33 heavy (non-hydrogen) atoms. The van der Waals surface area contributed by atoms with Crippen molar-refractivity contribution in [3.63, 3.8) is 0 Å². The minimum atomic E-state index is -0.476. The Kier molecular flexibility index (Phi) is 18.3. The minimum Gasteiger partial charge on any atom is -0.397 e. The SMILES string of the molecule is C/C(Cl)=C\C(NO)=C(\Nc1ccc(C)cc1F)N(C)C=O.CC.CC1(CCO)CC1.CCO. The Bertz CT molecular complexity index is 749. The molecular weight excluding hydrogens is 449 g/mol.